The van der Waals surface area contributed by atoms with E-state index in [1.807, 2.05) is 23.6 Å². The van der Waals surface area contributed by atoms with Gasteiger partial charge in [-0.3, -0.25) is 20.4 Å². The molecule has 0 fully saturated rings. The molecule has 2 aromatic heterocycles. The van der Waals surface area contributed by atoms with Gasteiger partial charge in [0.25, 0.3) is 5.91 Å². The van der Waals surface area contributed by atoms with Crippen LogP contribution >= 0.6 is 23.4 Å². The summed E-state index contributed by atoms with van der Waals surface area (Å²) in [6, 6.07) is 10.6. The molecule has 2 heterocycles. The predicted octanol–water partition coefficient (Wildman–Crippen LogP) is 2.50. The molecule has 0 aliphatic heterocycles. The second-order valence-electron chi connectivity index (χ2n) is 5.43. The molecule has 0 saturated carbocycles. The molecule has 0 radical (unpaired) electrons. The third kappa shape index (κ3) is 4.69. The highest BCUT2D eigenvalue weighted by Crippen LogP contribution is 2.24. The minimum atomic E-state index is -0.417. The molecule has 3 N–H and O–H groups in total. The Bertz CT molecular complexity index is 924. The highest BCUT2D eigenvalue weighted by atomic mass is 35.5. The molecule has 8 nitrogen and oxygen atoms in total. The van der Waals surface area contributed by atoms with Gasteiger partial charge in [0.2, 0.25) is 5.91 Å². The van der Waals surface area contributed by atoms with Gasteiger partial charge >= 0.3 is 0 Å². The second-order valence-corrected chi connectivity index (χ2v) is 6.81. The van der Waals surface area contributed by atoms with Crippen molar-refractivity contribution in [2.24, 2.45) is 0 Å². The van der Waals surface area contributed by atoms with Crippen molar-refractivity contribution in [1.82, 2.24) is 30.6 Å². The lowest BCUT2D eigenvalue weighted by molar-refractivity contribution is -0.119. The molecule has 1 aromatic carbocycles. The van der Waals surface area contributed by atoms with Crippen molar-refractivity contribution in [2.45, 2.75) is 18.6 Å². The van der Waals surface area contributed by atoms with Crippen LogP contribution in [-0.2, 0) is 11.3 Å². The summed E-state index contributed by atoms with van der Waals surface area (Å²) in [5.41, 5.74) is 5.97. The number of aromatic nitrogens is 4. The smallest absolute Gasteiger partial charge is 0.286 e. The van der Waals surface area contributed by atoms with Crippen LogP contribution in [0.25, 0.3) is 11.4 Å². The number of carbonyl (C=O) groups excluding carboxylic acids is 2. The predicted molar refractivity (Wildman–Crippen MR) is 103 cm³/mol. The first-order valence-corrected chi connectivity index (χ1v) is 9.49. The summed E-state index contributed by atoms with van der Waals surface area (Å²) >= 11 is 7.16. The third-order valence-electron chi connectivity index (χ3n) is 3.63. The van der Waals surface area contributed by atoms with E-state index in [4.69, 9.17) is 11.6 Å². The van der Waals surface area contributed by atoms with E-state index in [0.717, 1.165) is 5.56 Å². The molecule has 3 rings (SSSR count). The van der Waals surface area contributed by atoms with Crippen molar-refractivity contribution in [1.29, 1.82) is 0 Å². The molecular weight excluding hydrogens is 388 g/mol. The number of carbonyl (C=O) groups is 2. The third-order valence-corrected chi connectivity index (χ3v) is 4.84. The Balaban J connectivity index is 1.58. The van der Waals surface area contributed by atoms with Gasteiger partial charge in [0, 0.05) is 23.3 Å². The number of halogens is 1. The van der Waals surface area contributed by atoms with E-state index in [0.29, 0.717) is 28.2 Å². The van der Waals surface area contributed by atoms with Gasteiger partial charge < -0.3 is 9.55 Å². The van der Waals surface area contributed by atoms with Crippen LogP contribution in [0.15, 0.2) is 47.8 Å². The average molecular weight is 405 g/mol. The summed E-state index contributed by atoms with van der Waals surface area (Å²) < 4.78 is 1.92. The lowest BCUT2D eigenvalue weighted by atomic mass is 10.2. The maximum atomic E-state index is 12.0. The maximum Gasteiger partial charge on any atom is 0.286 e. The van der Waals surface area contributed by atoms with Gasteiger partial charge in [-0.2, -0.15) is 0 Å². The molecule has 0 aliphatic rings. The molecule has 0 aliphatic carbocycles. The number of aromatic amines is 1. The molecule has 0 saturated heterocycles. The molecule has 0 spiro atoms. The number of hydrogen-bond acceptors (Lipinski definition) is 5. The normalized spacial score (nSPS) is 10.6. The fourth-order valence-corrected chi connectivity index (χ4v) is 3.25. The Morgan fingerprint density at radius 1 is 1.19 bits per heavy atom. The van der Waals surface area contributed by atoms with Crippen LogP contribution in [0.2, 0.25) is 5.02 Å². The van der Waals surface area contributed by atoms with Crippen LogP contribution in [-0.4, -0.2) is 37.3 Å². The van der Waals surface area contributed by atoms with E-state index in [2.05, 4.69) is 26.0 Å². The molecule has 3 aromatic rings. The van der Waals surface area contributed by atoms with E-state index < -0.39 is 5.91 Å². The summed E-state index contributed by atoms with van der Waals surface area (Å²) in [6.45, 7) is 2.63. The van der Waals surface area contributed by atoms with Crippen molar-refractivity contribution in [3.8, 4) is 11.4 Å². The van der Waals surface area contributed by atoms with Crippen LogP contribution in [0.5, 0.6) is 0 Å². The number of nitrogens with one attached hydrogen (secondary N) is 3. The van der Waals surface area contributed by atoms with Gasteiger partial charge in [-0.05, 0) is 43.3 Å². The lowest BCUT2D eigenvalue weighted by Crippen LogP contribution is -2.42. The SMILES string of the molecule is CCn1c(SCC(=O)NNC(=O)c2ccc[nH]2)nnc1-c1ccc(Cl)cc1. The van der Waals surface area contributed by atoms with Gasteiger partial charge in [0.15, 0.2) is 11.0 Å². The zero-order valence-corrected chi connectivity index (χ0v) is 16.0. The molecule has 0 unspecified atom stereocenters. The van der Waals surface area contributed by atoms with Crippen LogP contribution in [0.4, 0.5) is 0 Å². The number of benzene rings is 1. The van der Waals surface area contributed by atoms with Crippen molar-refractivity contribution in [2.75, 3.05) is 5.75 Å². The number of nitrogens with zero attached hydrogens (tertiary/aromatic N) is 3. The molecule has 0 bridgehead atoms. The minimum absolute atomic E-state index is 0.0871. The van der Waals surface area contributed by atoms with Crippen molar-refractivity contribution >= 4 is 35.2 Å². The lowest BCUT2D eigenvalue weighted by Gasteiger charge is -2.08. The largest absolute Gasteiger partial charge is 0.357 e. The van der Waals surface area contributed by atoms with Crippen molar-refractivity contribution in [3.63, 3.8) is 0 Å². The quantitative estimate of drug-likeness (QED) is 0.432. The molecule has 27 heavy (non-hydrogen) atoms. The molecule has 2 amide bonds. The summed E-state index contributed by atoms with van der Waals surface area (Å²) in [7, 11) is 0. The highest BCUT2D eigenvalue weighted by Gasteiger charge is 2.15. The van der Waals surface area contributed by atoms with Crippen molar-refractivity contribution < 1.29 is 9.59 Å². The van der Waals surface area contributed by atoms with Gasteiger partial charge in [0.1, 0.15) is 5.69 Å². The van der Waals surface area contributed by atoms with Gasteiger partial charge in [-0.1, -0.05) is 23.4 Å². The topological polar surface area (TPSA) is 105 Å². The van der Waals surface area contributed by atoms with Gasteiger partial charge in [-0.25, -0.2) is 0 Å². The number of hydrazine groups is 1. The maximum absolute atomic E-state index is 12.0. The first-order valence-electron chi connectivity index (χ1n) is 8.13. The first kappa shape index (κ1) is 19.0. The fourth-order valence-electron chi connectivity index (χ4n) is 2.32. The van der Waals surface area contributed by atoms with E-state index in [1.54, 1.807) is 30.5 Å². The summed E-state index contributed by atoms with van der Waals surface area (Å²) in [5.74, 6) is 0.0276. The van der Waals surface area contributed by atoms with Crippen molar-refractivity contribution in [3.05, 3.63) is 53.3 Å². The molecule has 0 atom stereocenters. The Morgan fingerprint density at radius 3 is 2.63 bits per heavy atom. The fraction of sp³-hybridized carbons (Fsp3) is 0.176. The summed E-state index contributed by atoms with van der Waals surface area (Å²) in [5, 5.41) is 9.65. The van der Waals surface area contributed by atoms with E-state index in [9.17, 15) is 9.59 Å². The first-order chi connectivity index (χ1) is 13.1. The van der Waals surface area contributed by atoms with Gasteiger partial charge in [0.05, 0.1) is 5.75 Å². The number of hydrogen-bond donors (Lipinski definition) is 3. The second kappa shape index (κ2) is 8.74. The van der Waals surface area contributed by atoms with Gasteiger partial charge in [-0.15, -0.1) is 10.2 Å². The zero-order valence-electron chi connectivity index (χ0n) is 14.4. The molecule has 10 heteroatoms. The standard InChI is InChI=1S/C17H17ClN6O2S/c1-2-24-15(11-5-7-12(18)8-6-11)21-23-17(24)27-10-14(25)20-22-16(26)13-4-3-9-19-13/h3-9,19H,2,10H2,1H3,(H,20,25)(H,22,26). The van der Waals surface area contributed by atoms with Crippen LogP contribution in [0.1, 0.15) is 17.4 Å². The minimum Gasteiger partial charge on any atom is -0.357 e. The highest BCUT2D eigenvalue weighted by molar-refractivity contribution is 7.99. The summed E-state index contributed by atoms with van der Waals surface area (Å²) in [4.78, 5) is 26.5. The number of thioether (sulfide) groups is 1. The van der Waals surface area contributed by atoms with Crippen LogP contribution in [0.3, 0.4) is 0 Å². The van der Waals surface area contributed by atoms with E-state index >= 15 is 0 Å². The number of H-pyrrole nitrogens is 1. The average Bonchev–Trinajstić information content (AvgIpc) is 3.34. The van der Waals surface area contributed by atoms with E-state index in [-0.39, 0.29) is 11.7 Å². The monoisotopic (exact) mass is 404 g/mol. The molecule has 140 valence electrons. The Kier molecular flexibility index (Phi) is 6.15. The number of rotatable bonds is 6. The van der Waals surface area contributed by atoms with Crippen LogP contribution < -0.4 is 10.9 Å². The Labute approximate surface area is 164 Å². The van der Waals surface area contributed by atoms with E-state index in [1.165, 1.54) is 11.8 Å². The van der Waals surface area contributed by atoms with Crippen LogP contribution in [0, 0.1) is 0 Å². The Hall–Kier alpha value is -2.78. The molecular formula is C17H17ClN6O2S. The summed E-state index contributed by atoms with van der Waals surface area (Å²) in [6.07, 6.45) is 1.63. The Morgan fingerprint density at radius 2 is 1.96 bits per heavy atom. The zero-order chi connectivity index (χ0) is 19.2. The number of amides is 2.